The molecule has 1 unspecified atom stereocenters. The van der Waals surface area contributed by atoms with Gasteiger partial charge in [0.2, 0.25) is 0 Å². The Morgan fingerprint density at radius 1 is 0.318 bits per heavy atom. The Kier molecular flexibility index (Phi) is 52.3. The van der Waals surface area contributed by atoms with E-state index in [9.17, 15) is 14.4 Å². The lowest BCUT2D eigenvalue weighted by Crippen LogP contribution is -2.30. The molecule has 0 aromatic heterocycles. The van der Waals surface area contributed by atoms with Gasteiger partial charge in [-0.05, 0) is 44.9 Å². The highest BCUT2D eigenvalue weighted by Gasteiger charge is 2.19. The first-order valence-corrected chi connectivity index (χ1v) is 28.3. The maximum Gasteiger partial charge on any atom is 0.310 e. The van der Waals surface area contributed by atoms with E-state index < -0.39 is 12.1 Å². The molecule has 0 amide bonds. The summed E-state index contributed by atoms with van der Waals surface area (Å²) in [5.74, 6) is -1.03. The molecule has 0 heterocycles. The summed E-state index contributed by atoms with van der Waals surface area (Å²) >= 11 is 0. The van der Waals surface area contributed by atoms with E-state index in [-0.39, 0.29) is 31.6 Å². The van der Waals surface area contributed by atoms with Crippen LogP contribution in [0.15, 0.2) is 60.8 Å². The number of rotatable bonds is 51. The lowest BCUT2D eigenvalue weighted by Gasteiger charge is -2.18. The fraction of sp³-hybridized carbons (Fsp3) is 0.783. The largest absolute Gasteiger partial charge is 0.462 e. The van der Waals surface area contributed by atoms with E-state index in [1.54, 1.807) is 6.08 Å². The van der Waals surface area contributed by atoms with E-state index in [0.29, 0.717) is 12.8 Å². The van der Waals surface area contributed by atoms with Crippen molar-refractivity contribution in [3.05, 3.63) is 60.8 Å². The zero-order valence-corrected chi connectivity index (χ0v) is 43.7. The minimum absolute atomic E-state index is 0.101. The smallest absolute Gasteiger partial charge is 0.310 e. The Labute approximate surface area is 409 Å². The van der Waals surface area contributed by atoms with Crippen LogP contribution >= 0.6 is 0 Å². The molecule has 0 bridgehead atoms. The first kappa shape index (κ1) is 63.1. The van der Waals surface area contributed by atoms with Crippen LogP contribution in [0.4, 0.5) is 0 Å². The van der Waals surface area contributed by atoms with Crippen molar-refractivity contribution >= 4 is 17.9 Å². The Morgan fingerprint density at radius 3 is 0.864 bits per heavy atom. The standard InChI is InChI=1S/C60H106O6/c1-4-7-10-13-16-19-21-23-25-26-27-28-29-30-31-32-33-35-36-38-41-44-47-50-53-59(62)65-56-57(55-64-58(61)52-49-46-43-40-18-15-12-9-6-3)66-60(63)54-51-48-45-42-39-37-34-24-22-20-17-14-11-8-5-2/h8,11,17,20,24,34,39,42,48,51,57H,4-7,9-10,12-16,18-19,21-23,25-33,35-38,40-41,43-47,49-50,52-56H2,1-3H3/b11-8-,20-17-,34-24-,42-39-,51-48-. The van der Waals surface area contributed by atoms with Gasteiger partial charge in [0.1, 0.15) is 13.2 Å². The lowest BCUT2D eigenvalue weighted by atomic mass is 10.0. The van der Waals surface area contributed by atoms with Crippen LogP contribution in [-0.4, -0.2) is 37.2 Å². The quantitative estimate of drug-likeness (QED) is 0.0262. The van der Waals surface area contributed by atoms with Crippen molar-refractivity contribution in [3.63, 3.8) is 0 Å². The van der Waals surface area contributed by atoms with Crippen molar-refractivity contribution in [1.29, 1.82) is 0 Å². The van der Waals surface area contributed by atoms with Gasteiger partial charge in [-0.3, -0.25) is 14.4 Å². The van der Waals surface area contributed by atoms with Crippen LogP contribution in [0.1, 0.15) is 284 Å². The van der Waals surface area contributed by atoms with Crippen molar-refractivity contribution in [3.8, 4) is 0 Å². The molecule has 6 heteroatoms. The third-order valence-electron chi connectivity index (χ3n) is 12.3. The fourth-order valence-electron chi connectivity index (χ4n) is 8.11. The van der Waals surface area contributed by atoms with E-state index in [1.165, 1.54) is 173 Å². The molecule has 0 saturated heterocycles. The van der Waals surface area contributed by atoms with Gasteiger partial charge < -0.3 is 14.2 Å². The van der Waals surface area contributed by atoms with Crippen molar-refractivity contribution in [1.82, 2.24) is 0 Å². The van der Waals surface area contributed by atoms with Crippen LogP contribution in [-0.2, 0) is 28.6 Å². The van der Waals surface area contributed by atoms with Crippen LogP contribution in [0, 0.1) is 0 Å². The van der Waals surface area contributed by atoms with Crippen LogP contribution in [0.5, 0.6) is 0 Å². The number of carbonyl (C=O) groups excluding carboxylic acids is 3. The van der Waals surface area contributed by atoms with Crippen LogP contribution in [0.25, 0.3) is 0 Å². The summed E-state index contributed by atoms with van der Waals surface area (Å²) in [5, 5.41) is 0. The van der Waals surface area contributed by atoms with E-state index >= 15 is 0 Å². The molecular formula is C60H106O6. The second-order valence-electron chi connectivity index (χ2n) is 18.9. The summed E-state index contributed by atoms with van der Waals surface area (Å²) in [6, 6.07) is 0. The molecule has 0 radical (unpaired) electrons. The van der Waals surface area contributed by atoms with Gasteiger partial charge in [0, 0.05) is 12.8 Å². The summed E-state index contributed by atoms with van der Waals surface area (Å²) in [4.78, 5) is 37.9. The Bertz CT molecular complexity index is 1200. The summed E-state index contributed by atoms with van der Waals surface area (Å²) in [6.45, 7) is 6.45. The average Bonchev–Trinajstić information content (AvgIpc) is 3.31. The SMILES string of the molecule is CC/C=C\C/C=C\C/C=C\C/C=C\C/C=C\CC(=O)OC(COC(=O)CCCCCCCCCCC)COC(=O)CCCCCCCCCCCCCCCCCCCCCCCCCC. The molecule has 66 heavy (non-hydrogen) atoms. The zero-order chi connectivity index (χ0) is 47.9. The molecule has 0 fully saturated rings. The predicted octanol–water partition coefficient (Wildman–Crippen LogP) is 18.8. The normalized spacial score (nSPS) is 12.5. The van der Waals surface area contributed by atoms with Crippen molar-refractivity contribution in [2.24, 2.45) is 0 Å². The number of carbonyl (C=O) groups is 3. The number of unbranched alkanes of at least 4 members (excludes halogenated alkanes) is 31. The molecule has 0 rings (SSSR count). The third-order valence-corrected chi connectivity index (χ3v) is 12.3. The van der Waals surface area contributed by atoms with Gasteiger partial charge in [-0.25, -0.2) is 0 Å². The van der Waals surface area contributed by atoms with Gasteiger partial charge in [-0.1, -0.05) is 281 Å². The first-order chi connectivity index (χ1) is 32.5. The average molecular weight is 924 g/mol. The summed E-state index contributed by atoms with van der Waals surface area (Å²) in [5.41, 5.74) is 0. The zero-order valence-electron chi connectivity index (χ0n) is 43.7. The Hall–Kier alpha value is -2.89. The van der Waals surface area contributed by atoms with Gasteiger partial charge in [-0.15, -0.1) is 0 Å². The predicted molar refractivity (Wildman–Crippen MR) is 284 cm³/mol. The second kappa shape index (κ2) is 54.7. The van der Waals surface area contributed by atoms with Crippen molar-refractivity contribution in [2.45, 2.75) is 290 Å². The molecule has 0 spiro atoms. The monoisotopic (exact) mass is 923 g/mol. The highest BCUT2D eigenvalue weighted by atomic mass is 16.6. The molecule has 6 nitrogen and oxygen atoms in total. The van der Waals surface area contributed by atoms with E-state index in [4.69, 9.17) is 14.2 Å². The van der Waals surface area contributed by atoms with Crippen LogP contribution < -0.4 is 0 Å². The van der Waals surface area contributed by atoms with Gasteiger partial charge >= 0.3 is 17.9 Å². The number of hydrogen-bond donors (Lipinski definition) is 0. The van der Waals surface area contributed by atoms with Gasteiger partial charge in [0.15, 0.2) is 6.10 Å². The second-order valence-corrected chi connectivity index (χ2v) is 18.9. The molecule has 0 aliphatic rings. The number of hydrogen-bond acceptors (Lipinski definition) is 6. The molecule has 0 aliphatic carbocycles. The molecule has 1 atom stereocenters. The molecule has 382 valence electrons. The lowest BCUT2D eigenvalue weighted by molar-refractivity contribution is -0.166. The highest BCUT2D eigenvalue weighted by molar-refractivity contribution is 5.72. The third kappa shape index (κ3) is 52.1. The highest BCUT2D eigenvalue weighted by Crippen LogP contribution is 2.17. The van der Waals surface area contributed by atoms with E-state index in [1.807, 2.05) is 6.08 Å². The van der Waals surface area contributed by atoms with Crippen LogP contribution in [0.2, 0.25) is 0 Å². The summed E-state index contributed by atoms with van der Waals surface area (Å²) in [6.07, 6.45) is 68.3. The molecule has 0 aliphatic heterocycles. The van der Waals surface area contributed by atoms with E-state index in [2.05, 4.69) is 69.4 Å². The number of allylic oxidation sites excluding steroid dienone is 9. The maximum absolute atomic E-state index is 12.7. The Morgan fingerprint density at radius 2 is 0.576 bits per heavy atom. The molecule has 0 aromatic carbocycles. The van der Waals surface area contributed by atoms with Crippen molar-refractivity contribution in [2.75, 3.05) is 13.2 Å². The van der Waals surface area contributed by atoms with Gasteiger partial charge in [-0.2, -0.15) is 0 Å². The van der Waals surface area contributed by atoms with Crippen LogP contribution in [0.3, 0.4) is 0 Å². The fourth-order valence-corrected chi connectivity index (χ4v) is 8.11. The molecule has 0 saturated carbocycles. The summed E-state index contributed by atoms with van der Waals surface area (Å²) in [7, 11) is 0. The molecular weight excluding hydrogens is 817 g/mol. The molecule has 0 N–H and O–H groups in total. The summed E-state index contributed by atoms with van der Waals surface area (Å²) < 4.78 is 16.7. The number of esters is 3. The van der Waals surface area contributed by atoms with Gasteiger partial charge in [0.05, 0.1) is 6.42 Å². The van der Waals surface area contributed by atoms with E-state index in [0.717, 1.165) is 70.6 Å². The maximum atomic E-state index is 12.7. The molecule has 0 aromatic rings. The minimum Gasteiger partial charge on any atom is -0.462 e. The number of ether oxygens (including phenoxy) is 3. The minimum atomic E-state index is -0.824. The Balaban J connectivity index is 4.25. The topological polar surface area (TPSA) is 78.9 Å². The van der Waals surface area contributed by atoms with Gasteiger partial charge in [0.25, 0.3) is 0 Å². The first-order valence-electron chi connectivity index (χ1n) is 28.3. The van der Waals surface area contributed by atoms with Crippen molar-refractivity contribution < 1.29 is 28.6 Å².